The van der Waals surface area contributed by atoms with Crippen molar-refractivity contribution in [2.24, 2.45) is 0 Å². The lowest BCUT2D eigenvalue weighted by molar-refractivity contribution is -0.0420. The third-order valence-electron chi connectivity index (χ3n) is 2.31. The first kappa shape index (κ1) is 19.7. The number of halogens is 1. The Morgan fingerprint density at radius 1 is 1.15 bits per heavy atom. The van der Waals surface area contributed by atoms with Gasteiger partial charge in [0.2, 0.25) is 0 Å². The van der Waals surface area contributed by atoms with Gasteiger partial charge in [-0.3, -0.25) is 0 Å². The van der Waals surface area contributed by atoms with E-state index in [-0.39, 0.29) is 0 Å². The van der Waals surface area contributed by atoms with E-state index in [1.165, 1.54) is 0 Å². The SMILES string of the molecule is CCCOCCOC(C)(CBr)CNC(=O)OC(C)(C)C. The molecule has 0 bridgehead atoms. The second-order valence-electron chi connectivity index (χ2n) is 5.90. The van der Waals surface area contributed by atoms with E-state index in [0.29, 0.717) is 25.1 Å². The highest BCUT2D eigenvalue weighted by molar-refractivity contribution is 9.09. The smallest absolute Gasteiger partial charge is 0.407 e. The van der Waals surface area contributed by atoms with Crippen LogP contribution in [0.2, 0.25) is 0 Å². The molecular weight excluding hydrogens is 326 g/mol. The van der Waals surface area contributed by atoms with Gasteiger partial charge in [0, 0.05) is 11.9 Å². The van der Waals surface area contributed by atoms with Crippen LogP contribution in [0.5, 0.6) is 0 Å². The van der Waals surface area contributed by atoms with Crippen molar-refractivity contribution in [3.8, 4) is 0 Å². The Kier molecular flexibility index (Phi) is 9.42. The number of hydrogen-bond donors (Lipinski definition) is 1. The molecule has 1 N–H and O–H groups in total. The van der Waals surface area contributed by atoms with E-state index in [4.69, 9.17) is 14.2 Å². The molecule has 0 spiro atoms. The molecule has 0 saturated heterocycles. The first-order chi connectivity index (χ1) is 9.22. The van der Waals surface area contributed by atoms with Gasteiger partial charge in [-0.1, -0.05) is 22.9 Å². The standard InChI is InChI=1S/C14H28BrNO4/c1-6-7-18-8-9-19-14(5,10-15)11-16-12(17)20-13(2,3)4/h6-11H2,1-5H3,(H,16,17). The predicted molar refractivity (Wildman–Crippen MR) is 83.5 cm³/mol. The summed E-state index contributed by atoms with van der Waals surface area (Å²) in [5.41, 5.74) is -0.976. The van der Waals surface area contributed by atoms with E-state index in [2.05, 4.69) is 28.2 Å². The quantitative estimate of drug-likeness (QED) is 0.511. The van der Waals surface area contributed by atoms with Crippen LogP contribution in [0.1, 0.15) is 41.0 Å². The van der Waals surface area contributed by atoms with Crippen LogP contribution in [0, 0.1) is 0 Å². The van der Waals surface area contributed by atoms with Gasteiger partial charge in [0.05, 0.1) is 25.4 Å². The Labute approximate surface area is 130 Å². The van der Waals surface area contributed by atoms with Crippen LogP contribution in [0.15, 0.2) is 0 Å². The van der Waals surface area contributed by atoms with Crippen molar-refractivity contribution in [3.05, 3.63) is 0 Å². The van der Waals surface area contributed by atoms with Crippen LogP contribution in [-0.4, -0.2) is 49.0 Å². The van der Waals surface area contributed by atoms with Crippen molar-refractivity contribution in [3.63, 3.8) is 0 Å². The van der Waals surface area contributed by atoms with Crippen molar-refractivity contribution in [1.82, 2.24) is 5.32 Å². The summed E-state index contributed by atoms with van der Waals surface area (Å²) in [7, 11) is 0. The van der Waals surface area contributed by atoms with E-state index in [1.54, 1.807) is 0 Å². The third kappa shape index (κ3) is 10.5. The number of hydrogen-bond acceptors (Lipinski definition) is 4. The molecule has 0 fully saturated rings. The normalized spacial score (nSPS) is 14.7. The van der Waals surface area contributed by atoms with Gasteiger partial charge in [-0.25, -0.2) is 4.79 Å². The minimum atomic E-state index is -0.496. The summed E-state index contributed by atoms with van der Waals surface area (Å²) in [5.74, 6) is 0. The predicted octanol–water partition coefficient (Wildman–Crippen LogP) is 3.11. The van der Waals surface area contributed by atoms with E-state index in [1.807, 2.05) is 27.7 Å². The lowest BCUT2D eigenvalue weighted by atomic mass is 10.1. The van der Waals surface area contributed by atoms with Crippen molar-refractivity contribution < 1.29 is 19.0 Å². The zero-order valence-corrected chi connectivity index (χ0v) is 14.8. The summed E-state index contributed by atoms with van der Waals surface area (Å²) in [6, 6.07) is 0. The first-order valence-corrected chi connectivity index (χ1v) is 8.09. The van der Waals surface area contributed by atoms with Crippen LogP contribution < -0.4 is 5.32 Å². The summed E-state index contributed by atoms with van der Waals surface area (Å²) < 4.78 is 16.3. The summed E-state index contributed by atoms with van der Waals surface area (Å²) in [6.45, 7) is 11.7. The van der Waals surface area contributed by atoms with E-state index in [0.717, 1.165) is 13.0 Å². The number of nitrogens with one attached hydrogen (secondary N) is 1. The second-order valence-corrected chi connectivity index (χ2v) is 6.46. The Hall–Kier alpha value is -0.330. The van der Waals surface area contributed by atoms with Crippen LogP contribution in [0.4, 0.5) is 4.79 Å². The minimum absolute atomic E-state index is 0.376. The number of amides is 1. The van der Waals surface area contributed by atoms with Crippen LogP contribution in [-0.2, 0) is 14.2 Å². The summed E-state index contributed by atoms with van der Waals surface area (Å²) in [4.78, 5) is 11.6. The molecule has 1 unspecified atom stereocenters. The molecule has 0 aliphatic carbocycles. The lowest BCUT2D eigenvalue weighted by Crippen LogP contribution is -2.46. The molecule has 6 heteroatoms. The van der Waals surface area contributed by atoms with E-state index < -0.39 is 17.3 Å². The zero-order valence-electron chi connectivity index (χ0n) is 13.3. The minimum Gasteiger partial charge on any atom is -0.444 e. The van der Waals surface area contributed by atoms with Crippen molar-refractivity contribution in [1.29, 1.82) is 0 Å². The van der Waals surface area contributed by atoms with Crippen molar-refractivity contribution in [2.45, 2.75) is 52.2 Å². The van der Waals surface area contributed by atoms with Gasteiger partial charge in [0.15, 0.2) is 0 Å². The van der Waals surface area contributed by atoms with Gasteiger partial charge < -0.3 is 19.5 Å². The van der Waals surface area contributed by atoms with Crippen molar-refractivity contribution in [2.75, 3.05) is 31.7 Å². The molecule has 0 rings (SSSR count). The highest BCUT2D eigenvalue weighted by Gasteiger charge is 2.26. The molecule has 5 nitrogen and oxygen atoms in total. The Morgan fingerprint density at radius 2 is 1.80 bits per heavy atom. The van der Waals surface area contributed by atoms with Gasteiger partial charge in [-0.15, -0.1) is 0 Å². The molecule has 0 aromatic carbocycles. The second kappa shape index (κ2) is 9.58. The molecule has 0 aromatic rings. The van der Waals surface area contributed by atoms with Gasteiger partial charge >= 0.3 is 6.09 Å². The molecule has 0 aliphatic rings. The molecule has 0 saturated carbocycles. The zero-order chi connectivity index (χ0) is 15.6. The molecule has 20 heavy (non-hydrogen) atoms. The lowest BCUT2D eigenvalue weighted by Gasteiger charge is -2.29. The number of ether oxygens (including phenoxy) is 3. The van der Waals surface area contributed by atoms with E-state index >= 15 is 0 Å². The molecule has 0 heterocycles. The van der Waals surface area contributed by atoms with Crippen LogP contribution in [0.3, 0.4) is 0 Å². The highest BCUT2D eigenvalue weighted by atomic mass is 79.9. The Bertz CT molecular complexity index is 281. The molecule has 120 valence electrons. The average Bonchev–Trinajstić information content (AvgIpc) is 2.34. The fourth-order valence-corrected chi connectivity index (χ4v) is 1.66. The van der Waals surface area contributed by atoms with Gasteiger partial charge in [0.25, 0.3) is 0 Å². The molecule has 1 atom stereocenters. The van der Waals surface area contributed by atoms with Gasteiger partial charge in [-0.05, 0) is 34.1 Å². The first-order valence-electron chi connectivity index (χ1n) is 6.97. The van der Waals surface area contributed by atoms with E-state index in [9.17, 15) is 4.79 Å². The fourth-order valence-electron chi connectivity index (χ4n) is 1.30. The monoisotopic (exact) mass is 353 g/mol. The Balaban J connectivity index is 4.01. The van der Waals surface area contributed by atoms with Crippen LogP contribution >= 0.6 is 15.9 Å². The molecule has 0 aliphatic heterocycles. The molecule has 0 aromatic heterocycles. The van der Waals surface area contributed by atoms with Crippen LogP contribution in [0.25, 0.3) is 0 Å². The maximum absolute atomic E-state index is 11.6. The van der Waals surface area contributed by atoms with Crippen molar-refractivity contribution >= 4 is 22.0 Å². The van der Waals surface area contributed by atoms with Gasteiger partial charge in [0.1, 0.15) is 5.60 Å². The summed E-state index contributed by atoms with van der Waals surface area (Å²) >= 11 is 3.41. The number of carbonyl (C=O) groups is 1. The average molecular weight is 354 g/mol. The number of rotatable bonds is 9. The number of alkyl halides is 1. The molecule has 0 radical (unpaired) electrons. The largest absolute Gasteiger partial charge is 0.444 e. The number of carbonyl (C=O) groups excluding carboxylic acids is 1. The number of alkyl carbamates (subject to hydrolysis) is 1. The maximum Gasteiger partial charge on any atom is 0.407 e. The molecular formula is C14H28BrNO4. The maximum atomic E-state index is 11.6. The highest BCUT2D eigenvalue weighted by Crippen LogP contribution is 2.13. The third-order valence-corrected chi connectivity index (χ3v) is 3.50. The molecule has 1 amide bonds. The summed E-state index contributed by atoms with van der Waals surface area (Å²) in [5, 5.41) is 3.34. The summed E-state index contributed by atoms with van der Waals surface area (Å²) in [6.07, 6.45) is 0.561. The topological polar surface area (TPSA) is 56.8 Å². The fraction of sp³-hybridized carbons (Fsp3) is 0.929. The van der Waals surface area contributed by atoms with Gasteiger partial charge in [-0.2, -0.15) is 0 Å². The Morgan fingerprint density at radius 3 is 2.30 bits per heavy atom.